The predicted molar refractivity (Wildman–Crippen MR) is 98.3 cm³/mol. The van der Waals surface area contributed by atoms with E-state index in [0.29, 0.717) is 16.4 Å². The minimum absolute atomic E-state index is 0.105. The zero-order chi connectivity index (χ0) is 18.6. The second-order valence-corrected chi connectivity index (χ2v) is 7.13. The molecule has 0 saturated carbocycles. The Morgan fingerprint density at radius 1 is 1.12 bits per heavy atom. The highest BCUT2D eigenvalue weighted by atomic mass is 35.5. The normalized spacial score (nSPS) is 12.4. The fraction of sp³-hybridized carbons (Fsp3) is 0.316. The van der Waals surface area contributed by atoms with Crippen LogP contribution in [0.15, 0.2) is 42.6 Å². The van der Waals surface area contributed by atoms with Gasteiger partial charge >= 0.3 is 6.09 Å². The van der Waals surface area contributed by atoms with Crippen molar-refractivity contribution < 1.29 is 14.3 Å². The molecule has 1 heterocycles. The molecule has 2 rings (SSSR count). The average molecular weight is 361 g/mol. The monoisotopic (exact) mass is 360 g/mol. The first-order valence-electron chi connectivity index (χ1n) is 7.91. The van der Waals surface area contributed by atoms with Crippen molar-refractivity contribution in [3.63, 3.8) is 0 Å². The maximum atomic E-state index is 12.5. The molecule has 0 aliphatic rings. The third kappa shape index (κ3) is 5.57. The molecule has 1 aromatic carbocycles. The first-order valence-corrected chi connectivity index (χ1v) is 8.29. The maximum absolute atomic E-state index is 12.5. The molecule has 0 bridgehead atoms. The molecular weight excluding hydrogens is 340 g/mol. The zero-order valence-corrected chi connectivity index (χ0v) is 15.4. The van der Waals surface area contributed by atoms with Crippen LogP contribution in [0.2, 0.25) is 5.02 Å². The molecule has 1 aromatic heterocycles. The number of Topliss-reactive ketones (excluding diaryl/α,β-unsaturated/α-hetero) is 1. The predicted octanol–water partition coefficient (Wildman–Crippen LogP) is 5.07. The highest BCUT2D eigenvalue weighted by Gasteiger charge is 2.19. The summed E-state index contributed by atoms with van der Waals surface area (Å²) in [5.74, 6) is -0.444. The average Bonchev–Trinajstić information content (AvgIpc) is 2.53. The number of hydrogen-bond donors (Lipinski definition) is 1. The number of benzene rings is 1. The van der Waals surface area contributed by atoms with Crippen LogP contribution in [0.1, 0.15) is 49.7 Å². The van der Waals surface area contributed by atoms with Crippen molar-refractivity contribution in [1.82, 2.24) is 4.98 Å². The first-order chi connectivity index (χ1) is 11.7. The Kier molecular flexibility index (Phi) is 5.80. The Morgan fingerprint density at radius 2 is 1.76 bits per heavy atom. The Hall–Kier alpha value is -2.40. The fourth-order valence-electron chi connectivity index (χ4n) is 2.16. The van der Waals surface area contributed by atoms with E-state index in [4.69, 9.17) is 16.3 Å². The summed E-state index contributed by atoms with van der Waals surface area (Å²) in [6.07, 6.45) is 0.869. The molecule has 2 aromatic rings. The van der Waals surface area contributed by atoms with Gasteiger partial charge in [-0.1, -0.05) is 30.7 Å². The van der Waals surface area contributed by atoms with Gasteiger partial charge in [-0.2, -0.15) is 0 Å². The van der Waals surface area contributed by atoms with Gasteiger partial charge in [-0.15, -0.1) is 0 Å². The number of anilines is 1. The summed E-state index contributed by atoms with van der Waals surface area (Å²) in [5, 5.41) is 3.21. The van der Waals surface area contributed by atoms with E-state index in [0.717, 1.165) is 5.56 Å². The quantitative estimate of drug-likeness (QED) is 0.773. The minimum Gasteiger partial charge on any atom is -0.444 e. The number of amides is 1. The van der Waals surface area contributed by atoms with Crippen molar-refractivity contribution in [2.24, 2.45) is 0 Å². The highest BCUT2D eigenvalue weighted by molar-refractivity contribution is 6.30. The van der Waals surface area contributed by atoms with E-state index in [1.54, 1.807) is 45.0 Å². The van der Waals surface area contributed by atoms with E-state index < -0.39 is 11.7 Å². The molecule has 5 nitrogen and oxygen atoms in total. The van der Waals surface area contributed by atoms with Crippen LogP contribution in [0.25, 0.3) is 0 Å². The van der Waals surface area contributed by atoms with E-state index in [1.807, 2.05) is 19.1 Å². The molecule has 0 saturated heterocycles. The van der Waals surface area contributed by atoms with Gasteiger partial charge in [-0.3, -0.25) is 15.1 Å². The number of carbonyl (C=O) groups excluding carboxylic acids is 2. The Morgan fingerprint density at radius 3 is 2.28 bits per heavy atom. The minimum atomic E-state index is -0.582. The molecule has 25 heavy (non-hydrogen) atoms. The molecule has 1 amide bonds. The highest BCUT2D eigenvalue weighted by Crippen LogP contribution is 2.22. The second-order valence-electron chi connectivity index (χ2n) is 6.70. The number of halogens is 1. The van der Waals surface area contributed by atoms with E-state index in [-0.39, 0.29) is 11.7 Å². The SMILES string of the molecule is CC(C(=O)c1ccc(NC(=O)OC(C)(C)C)cn1)c1ccc(Cl)cc1. The molecule has 132 valence electrons. The first kappa shape index (κ1) is 18.9. The lowest BCUT2D eigenvalue weighted by Gasteiger charge is -2.19. The number of carbonyl (C=O) groups is 2. The van der Waals surface area contributed by atoms with Crippen molar-refractivity contribution in [3.8, 4) is 0 Å². The van der Waals surface area contributed by atoms with Gasteiger partial charge in [0.2, 0.25) is 0 Å². The van der Waals surface area contributed by atoms with E-state index in [1.165, 1.54) is 6.20 Å². The lowest BCUT2D eigenvalue weighted by atomic mass is 9.95. The summed E-state index contributed by atoms with van der Waals surface area (Å²) < 4.78 is 5.17. The van der Waals surface area contributed by atoms with Crippen molar-refractivity contribution in [1.29, 1.82) is 0 Å². The van der Waals surface area contributed by atoms with Gasteiger partial charge in [0.1, 0.15) is 11.3 Å². The van der Waals surface area contributed by atoms with E-state index in [2.05, 4.69) is 10.3 Å². The summed E-state index contributed by atoms with van der Waals surface area (Å²) in [6.45, 7) is 7.17. The fourth-order valence-corrected chi connectivity index (χ4v) is 2.29. The van der Waals surface area contributed by atoms with Crippen molar-refractivity contribution in [2.45, 2.75) is 39.2 Å². The van der Waals surface area contributed by atoms with Crippen LogP contribution >= 0.6 is 11.6 Å². The summed E-state index contributed by atoms with van der Waals surface area (Å²) >= 11 is 5.87. The molecule has 1 atom stereocenters. The number of hydrogen-bond acceptors (Lipinski definition) is 4. The standard InChI is InChI=1S/C19H21ClN2O3/c1-12(13-5-7-14(20)8-6-13)17(23)16-10-9-15(11-21-16)22-18(24)25-19(2,3)4/h5-12H,1-4H3,(H,22,24). The zero-order valence-electron chi connectivity index (χ0n) is 14.7. The van der Waals surface area contributed by atoms with Gasteiger partial charge in [-0.25, -0.2) is 4.79 Å². The van der Waals surface area contributed by atoms with Gasteiger partial charge < -0.3 is 4.74 Å². The van der Waals surface area contributed by atoms with Crippen LogP contribution < -0.4 is 5.32 Å². The van der Waals surface area contributed by atoms with Gasteiger partial charge in [0, 0.05) is 10.9 Å². The third-order valence-electron chi connectivity index (χ3n) is 3.42. The Labute approximate surface area is 152 Å². The molecular formula is C19H21ClN2O3. The van der Waals surface area contributed by atoms with E-state index in [9.17, 15) is 9.59 Å². The molecule has 1 unspecified atom stereocenters. The summed E-state index contributed by atoms with van der Waals surface area (Å²) in [6, 6.07) is 10.4. The Balaban J connectivity index is 2.04. The Bertz CT molecular complexity index is 750. The molecule has 0 spiro atoms. The summed E-state index contributed by atoms with van der Waals surface area (Å²) in [4.78, 5) is 28.4. The van der Waals surface area contributed by atoms with Crippen molar-refractivity contribution >= 4 is 29.2 Å². The van der Waals surface area contributed by atoms with Gasteiger partial charge in [0.15, 0.2) is 5.78 Å². The van der Waals surface area contributed by atoms with Gasteiger partial charge in [0.25, 0.3) is 0 Å². The number of pyridine rings is 1. The molecule has 0 aliphatic carbocycles. The van der Waals surface area contributed by atoms with Crippen LogP contribution in [0, 0.1) is 0 Å². The van der Waals surface area contributed by atoms with Crippen LogP contribution in [-0.4, -0.2) is 22.5 Å². The van der Waals surface area contributed by atoms with E-state index >= 15 is 0 Å². The number of aromatic nitrogens is 1. The maximum Gasteiger partial charge on any atom is 0.412 e. The number of nitrogens with one attached hydrogen (secondary N) is 1. The lowest BCUT2D eigenvalue weighted by molar-refractivity contribution is 0.0635. The molecule has 0 radical (unpaired) electrons. The summed E-state index contributed by atoms with van der Waals surface area (Å²) in [7, 11) is 0. The molecule has 1 N–H and O–H groups in total. The molecule has 0 fully saturated rings. The number of rotatable bonds is 4. The van der Waals surface area contributed by atoms with Crippen molar-refractivity contribution in [3.05, 3.63) is 58.9 Å². The van der Waals surface area contributed by atoms with Crippen LogP contribution in [0.3, 0.4) is 0 Å². The number of nitrogens with zero attached hydrogens (tertiary/aromatic N) is 1. The summed E-state index contributed by atoms with van der Waals surface area (Å²) in [5.41, 5.74) is 1.08. The van der Waals surface area contributed by atoms with Gasteiger partial charge in [0.05, 0.1) is 11.9 Å². The number of ether oxygens (including phenoxy) is 1. The van der Waals surface area contributed by atoms with Crippen LogP contribution in [0.4, 0.5) is 10.5 Å². The van der Waals surface area contributed by atoms with Crippen LogP contribution in [-0.2, 0) is 4.74 Å². The topological polar surface area (TPSA) is 68.3 Å². The number of ketones is 1. The third-order valence-corrected chi connectivity index (χ3v) is 3.68. The smallest absolute Gasteiger partial charge is 0.412 e. The second kappa shape index (κ2) is 7.66. The molecule has 6 heteroatoms. The molecule has 0 aliphatic heterocycles. The lowest BCUT2D eigenvalue weighted by Crippen LogP contribution is -2.27. The largest absolute Gasteiger partial charge is 0.444 e. The van der Waals surface area contributed by atoms with Crippen LogP contribution in [0.5, 0.6) is 0 Å². The van der Waals surface area contributed by atoms with Crippen molar-refractivity contribution in [2.75, 3.05) is 5.32 Å². The van der Waals surface area contributed by atoms with Gasteiger partial charge in [-0.05, 0) is 50.6 Å².